The van der Waals surface area contributed by atoms with Crippen LogP contribution in [0.3, 0.4) is 0 Å². The first kappa shape index (κ1) is 13.2. The van der Waals surface area contributed by atoms with Gasteiger partial charge in [0.15, 0.2) is 0 Å². The number of nitrogens with one attached hydrogen (secondary N) is 1. The Labute approximate surface area is 110 Å². The minimum absolute atomic E-state index is 0.350. The molecule has 84 valence electrons. The van der Waals surface area contributed by atoms with Gasteiger partial charge in [-0.25, -0.2) is 0 Å². The number of hydrogen-bond acceptors (Lipinski definition) is 3. The number of amides is 1. The van der Waals surface area contributed by atoms with Crippen LogP contribution in [0.5, 0.6) is 0 Å². The van der Waals surface area contributed by atoms with Crippen molar-refractivity contribution in [2.24, 2.45) is 5.73 Å². The highest BCUT2D eigenvalue weighted by Crippen LogP contribution is 2.32. The lowest BCUT2D eigenvalue weighted by Crippen LogP contribution is -2.50. The summed E-state index contributed by atoms with van der Waals surface area (Å²) in [5.74, 6) is -0.350. The van der Waals surface area contributed by atoms with Crippen molar-refractivity contribution in [2.75, 3.05) is 0 Å². The van der Waals surface area contributed by atoms with Gasteiger partial charge in [-0.3, -0.25) is 10.1 Å². The van der Waals surface area contributed by atoms with Crippen LogP contribution in [0.2, 0.25) is 0 Å². The maximum atomic E-state index is 11.1. The van der Waals surface area contributed by atoms with Gasteiger partial charge in [-0.2, -0.15) is 0 Å². The summed E-state index contributed by atoms with van der Waals surface area (Å²) in [4.78, 5) is 12.2. The second-order valence-corrected chi connectivity index (χ2v) is 6.99. The number of carbonyl (C=O) groups excluding carboxylic acids is 1. The van der Waals surface area contributed by atoms with Crippen LogP contribution in [0, 0.1) is 0 Å². The number of hydrogen-bond donors (Lipinski definition) is 2. The fraction of sp³-hybridized carbons (Fsp3) is 0.444. The van der Waals surface area contributed by atoms with E-state index < -0.39 is 5.54 Å². The van der Waals surface area contributed by atoms with Crippen LogP contribution in [0.4, 0.5) is 0 Å². The number of rotatable bonds is 4. The van der Waals surface area contributed by atoms with Crippen LogP contribution in [-0.4, -0.2) is 11.4 Å². The van der Waals surface area contributed by atoms with E-state index >= 15 is 0 Å². The second-order valence-electron chi connectivity index (χ2n) is 3.68. The molecular formula is C9H12Br2N2OS. The highest BCUT2D eigenvalue weighted by Gasteiger charge is 2.23. The smallest absolute Gasteiger partial charge is 0.237 e. The van der Waals surface area contributed by atoms with Crippen molar-refractivity contribution in [3.05, 3.63) is 19.2 Å². The zero-order valence-electron chi connectivity index (χ0n) is 8.43. The number of carbonyl (C=O) groups is 1. The molecule has 0 unspecified atom stereocenters. The molecule has 0 aliphatic carbocycles. The largest absolute Gasteiger partial charge is 0.368 e. The van der Waals surface area contributed by atoms with E-state index in [9.17, 15) is 4.79 Å². The highest BCUT2D eigenvalue weighted by atomic mass is 79.9. The summed E-state index contributed by atoms with van der Waals surface area (Å²) in [6.07, 6.45) is 0. The van der Waals surface area contributed by atoms with Crippen LogP contribution in [0.1, 0.15) is 18.7 Å². The molecule has 1 rings (SSSR count). The molecule has 0 aliphatic heterocycles. The summed E-state index contributed by atoms with van der Waals surface area (Å²) in [5, 5.41) is 3.11. The van der Waals surface area contributed by atoms with E-state index in [2.05, 4.69) is 37.2 Å². The van der Waals surface area contributed by atoms with E-state index in [-0.39, 0.29) is 5.91 Å². The fourth-order valence-corrected chi connectivity index (χ4v) is 2.99. The molecule has 0 spiro atoms. The zero-order valence-corrected chi connectivity index (χ0v) is 12.4. The quantitative estimate of drug-likeness (QED) is 0.872. The van der Waals surface area contributed by atoms with Gasteiger partial charge in [-0.1, -0.05) is 0 Å². The number of halogens is 2. The third kappa shape index (κ3) is 3.55. The SMILES string of the molecule is CC(C)(NCc1cc(Br)c(Br)s1)C(N)=O. The van der Waals surface area contributed by atoms with Gasteiger partial charge >= 0.3 is 0 Å². The van der Waals surface area contributed by atoms with Crippen LogP contribution >= 0.6 is 43.2 Å². The van der Waals surface area contributed by atoms with Gasteiger partial charge in [0.2, 0.25) is 5.91 Å². The second kappa shape index (κ2) is 4.95. The monoisotopic (exact) mass is 354 g/mol. The lowest BCUT2D eigenvalue weighted by atomic mass is 10.1. The summed E-state index contributed by atoms with van der Waals surface area (Å²) < 4.78 is 2.08. The summed E-state index contributed by atoms with van der Waals surface area (Å²) >= 11 is 8.45. The minimum atomic E-state index is -0.678. The molecule has 6 heteroatoms. The van der Waals surface area contributed by atoms with Gasteiger partial charge in [-0.05, 0) is 51.8 Å². The Hall–Kier alpha value is 0.0900. The van der Waals surface area contributed by atoms with Gasteiger partial charge in [0.1, 0.15) is 0 Å². The van der Waals surface area contributed by atoms with Gasteiger partial charge < -0.3 is 5.73 Å². The topological polar surface area (TPSA) is 55.1 Å². The van der Waals surface area contributed by atoms with Crippen molar-refractivity contribution in [1.82, 2.24) is 5.32 Å². The first-order valence-corrected chi connectivity index (χ1v) is 6.72. The first-order valence-electron chi connectivity index (χ1n) is 4.31. The molecular weight excluding hydrogens is 344 g/mol. The third-order valence-electron chi connectivity index (χ3n) is 2.02. The van der Waals surface area contributed by atoms with Crippen molar-refractivity contribution in [3.63, 3.8) is 0 Å². The molecule has 1 aromatic rings. The Morgan fingerprint density at radius 2 is 2.20 bits per heavy atom. The predicted octanol–water partition coefficient (Wildman–Crippen LogP) is 2.63. The summed E-state index contributed by atoms with van der Waals surface area (Å²) in [6, 6.07) is 2.01. The third-order valence-corrected chi connectivity index (χ3v) is 5.27. The standard InChI is InChI=1S/C9H12Br2N2OS/c1-9(2,8(12)14)13-4-5-3-6(10)7(11)15-5/h3,13H,4H2,1-2H3,(H2,12,14). The summed E-state index contributed by atoms with van der Waals surface area (Å²) in [5.41, 5.74) is 4.58. The van der Waals surface area contributed by atoms with Crippen molar-refractivity contribution in [3.8, 4) is 0 Å². The molecule has 0 saturated heterocycles. The molecule has 1 heterocycles. The molecule has 0 atom stereocenters. The molecule has 0 aromatic carbocycles. The lowest BCUT2D eigenvalue weighted by molar-refractivity contribution is -0.123. The van der Waals surface area contributed by atoms with Crippen LogP contribution in [0.15, 0.2) is 14.3 Å². The van der Waals surface area contributed by atoms with Crippen molar-refractivity contribution in [2.45, 2.75) is 25.9 Å². The van der Waals surface area contributed by atoms with Crippen LogP contribution < -0.4 is 11.1 Å². The predicted molar refractivity (Wildman–Crippen MR) is 69.8 cm³/mol. The Balaban J connectivity index is 2.61. The molecule has 3 N–H and O–H groups in total. The van der Waals surface area contributed by atoms with Crippen molar-refractivity contribution < 1.29 is 4.79 Å². The first-order chi connectivity index (χ1) is 6.83. The van der Waals surface area contributed by atoms with E-state index in [1.54, 1.807) is 25.2 Å². The van der Waals surface area contributed by atoms with Gasteiger partial charge in [0.25, 0.3) is 0 Å². The molecule has 0 bridgehead atoms. The average molecular weight is 356 g/mol. The normalized spacial score (nSPS) is 11.7. The van der Waals surface area contributed by atoms with Gasteiger partial charge in [0.05, 0.1) is 9.33 Å². The Bertz CT molecular complexity index is 357. The number of nitrogens with two attached hydrogens (primary N) is 1. The summed E-state index contributed by atoms with van der Waals surface area (Å²) in [7, 11) is 0. The van der Waals surface area contributed by atoms with Gasteiger partial charge in [-0.15, -0.1) is 11.3 Å². The number of thiophene rings is 1. The van der Waals surface area contributed by atoms with E-state index in [0.717, 1.165) is 13.1 Å². The van der Waals surface area contributed by atoms with Gasteiger partial charge in [0, 0.05) is 15.9 Å². The van der Waals surface area contributed by atoms with E-state index in [4.69, 9.17) is 5.73 Å². The van der Waals surface area contributed by atoms with Crippen LogP contribution in [-0.2, 0) is 11.3 Å². The van der Waals surface area contributed by atoms with E-state index in [1.165, 1.54) is 0 Å². The van der Waals surface area contributed by atoms with Crippen LogP contribution in [0.25, 0.3) is 0 Å². The van der Waals surface area contributed by atoms with E-state index in [0.29, 0.717) is 6.54 Å². The Morgan fingerprint density at radius 1 is 1.60 bits per heavy atom. The fourth-order valence-electron chi connectivity index (χ4n) is 0.874. The summed E-state index contributed by atoms with van der Waals surface area (Å²) in [6.45, 7) is 4.17. The molecule has 0 aliphatic rings. The Kier molecular flexibility index (Phi) is 4.34. The molecule has 15 heavy (non-hydrogen) atoms. The maximum absolute atomic E-state index is 11.1. The van der Waals surface area contributed by atoms with Crippen molar-refractivity contribution >= 4 is 49.1 Å². The lowest BCUT2D eigenvalue weighted by Gasteiger charge is -2.21. The molecule has 0 saturated carbocycles. The molecule has 1 amide bonds. The molecule has 1 aromatic heterocycles. The average Bonchev–Trinajstić information content (AvgIpc) is 2.43. The van der Waals surface area contributed by atoms with E-state index in [1.807, 2.05) is 6.07 Å². The maximum Gasteiger partial charge on any atom is 0.237 e. The highest BCUT2D eigenvalue weighted by molar-refractivity contribution is 9.13. The number of primary amides is 1. The Morgan fingerprint density at radius 3 is 2.60 bits per heavy atom. The molecule has 0 radical (unpaired) electrons. The minimum Gasteiger partial charge on any atom is -0.368 e. The van der Waals surface area contributed by atoms with Crippen molar-refractivity contribution in [1.29, 1.82) is 0 Å². The molecule has 3 nitrogen and oxygen atoms in total. The molecule has 0 fully saturated rings. The zero-order chi connectivity index (χ0) is 11.6.